The zero-order valence-corrected chi connectivity index (χ0v) is 11.2. The van der Waals surface area contributed by atoms with Gasteiger partial charge in [-0.05, 0) is 30.7 Å². The summed E-state index contributed by atoms with van der Waals surface area (Å²) in [5.74, 6) is 0.596. The average molecular weight is 286 g/mol. The number of piperidine rings is 1. The van der Waals surface area contributed by atoms with Gasteiger partial charge in [-0.15, -0.1) is 0 Å². The van der Waals surface area contributed by atoms with Crippen LogP contribution in [-0.2, 0) is 0 Å². The number of nitrogens with one attached hydrogen (secondary N) is 1. The summed E-state index contributed by atoms with van der Waals surface area (Å²) in [6.45, 7) is 1.17. The Balaban J connectivity index is 1.45. The topological polar surface area (TPSA) is 75.7 Å². The summed E-state index contributed by atoms with van der Waals surface area (Å²) in [7, 11) is 0. The van der Waals surface area contributed by atoms with Crippen LogP contribution in [0.1, 0.15) is 27.5 Å². The van der Waals surface area contributed by atoms with Crippen LogP contribution < -0.4 is 5.32 Å². The number of rotatable bonds is 3. The Morgan fingerprint density at radius 2 is 1.90 bits per heavy atom. The van der Waals surface area contributed by atoms with E-state index in [9.17, 15) is 9.59 Å². The molecule has 4 rings (SSSR count). The number of likely N-dealkylation sites (tertiary alicyclic amines) is 1. The van der Waals surface area contributed by atoms with E-state index in [2.05, 4.69) is 5.32 Å². The Hall–Kier alpha value is -2.50. The van der Waals surface area contributed by atoms with Crippen molar-refractivity contribution in [1.29, 1.82) is 0 Å². The molecule has 0 bridgehead atoms. The van der Waals surface area contributed by atoms with E-state index in [0.717, 1.165) is 6.42 Å². The van der Waals surface area contributed by atoms with Gasteiger partial charge in [0.2, 0.25) is 0 Å². The Morgan fingerprint density at radius 3 is 2.57 bits per heavy atom. The van der Waals surface area contributed by atoms with E-state index in [-0.39, 0.29) is 17.4 Å². The first-order valence-electron chi connectivity index (χ1n) is 6.87. The third kappa shape index (κ3) is 1.94. The van der Waals surface area contributed by atoms with E-state index in [1.165, 1.54) is 12.5 Å². The third-order valence-electron chi connectivity index (χ3n) is 4.27. The van der Waals surface area contributed by atoms with Gasteiger partial charge in [-0.1, -0.05) is 0 Å². The first kappa shape index (κ1) is 12.3. The first-order valence-corrected chi connectivity index (χ1v) is 6.87. The number of carbonyl (C=O) groups excluding carboxylic acids is 2. The fraction of sp³-hybridized carbons (Fsp3) is 0.333. The maximum Gasteiger partial charge on any atom is 0.289 e. The molecule has 1 saturated carbocycles. The zero-order valence-electron chi connectivity index (χ0n) is 11.2. The highest BCUT2D eigenvalue weighted by Gasteiger charge is 2.62. The van der Waals surface area contributed by atoms with Gasteiger partial charge in [-0.2, -0.15) is 0 Å². The van der Waals surface area contributed by atoms with Gasteiger partial charge in [0.25, 0.3) is 11.8 Å². The molecule has 1 saturated heterocycles. The molecule has 2 aromatic heterocycles. The van der Waals surface area contributed by atoms with Crippen LogP contribution in [0.15, 0.2) is 45.6 Å². The molecule has 0 spiro atoms. The van der Waals surface area contributed by atoms with Crippen molar-refractivity contribution in [3.05, 3.63) is 48.3 Å². The zero-order chi connectivity index (χ0) is 14.4. The monoisotopic (exact) mass is 286 g/mol. The average Bonchev–Trinajstić information content (AvgIpc) is 3.04. The highest BCUT2D eigenvalue weighted by atomic mass is 16.3. The standard InChI is InChI=1S/C15H14N2O4/c18-13(11-3-1-5-20-11)16-15-7-10(15)8-17(9-15)14(19)12-4-2-6-21-12/h1-6,10H,7-9H2,(H,16,18)/t10-,15+/m1/s1. The summed E-state index contributed by atoms with van der Waals surface area (Å²) in [5.41, 5.74) is -0.299. The van der Waals surface area contributed by atoms with E-state index in [4.69, 9.17) is 8.83 Å². The molecule has 3 heterocycles. The highest BCUT2D eigenvalue weighted by Crippen LogP contribution is 2.49. The summed E-state index contributed by atoms with van der Waals surface area (Å²) in [5, 5.41) is 3.00. The molecule has 2 amide bonds. The van der Waals surface area contributed by atoms with Crippen molar-refractivity contribution in [3.63, 3.8) is 0 Å². The SMILES string of the molecule is O=C(N[C@]12C[C@@H]1CN(C(=O)c1ccco1)C2)c1ccco1. The predicted octanol–water partition coefficient (Wildman–Crippen LogP) is 1.52. The van der Waals surface area contributed by atoms with Crippen molar-refractivity contribution in [3.8, 4) is 0 Å². The molecule has 108 valence electrons. The number of nitrogens with zero attached hydrogens (tertiary/aromatic N) is 1. The van der Waals surface area contributed by atoms with Gasteiger partial charge in [0.05, 0.1) is 18.1 Å². The molecule has 2 aromatic rings. The Bertz CT molecular complexity index is 677. The number of carbonyl (C=O) groups is 2. The highest BCUT2D eigenvalue weighted by molar-refractivity contribution is 5.94. The number of hydrogen-bond acceptors (Lipinski definition) is 4. The number of fused-ring (bicyclic) bond motifs is 1. The van der Waals surface area contributed by atoms with Crippen LogP contribution in [0, 0.1) is 5.92 Å². The quantitative estimate of drug-likeness (QED) is 0.928. The van der Waals surface area contributed by atoms with Crippen LogP contribution in [0.3, 0.4) is 0 Å². The van der Waals surface area contributed by atoms with Crippen LogP contribution >= 0.6 is 0 Å². The molecular formula is C15H14N2O4. The first-order chi connectivity index (χ1) is 10.2. The summed E-state index contributed by atoms with van der Waals surface area (Å²) in [4.78, 5) is 26.0. The lowest BCUT2D eigenvalue weighted by Gasteiger charge is -2.20. The maximum absolute atomic E-state index is 12.2. The Morgan fingerprint density at radius 1 is 1.19 bits per heavy atom. The number of furan rings is 2. The molecule has 21 heavy (non-hydrogen) atoms. The van der Waals surface area contributed by atoms with Crippen LogP contribution in [0.5, 0.6) is 0 Å². The minimum absolute atomic E-state index is 0.126. The molecule has 2 aliphatic rings. The minimum atomic E-state index is -0.299. The fourth-order valence-corrected chi connectivity index (χ4v) is 3.08. The Kier molecular flexibility index (Phi) is 2.48. The molecule has 2 fully saturated rings. The van der Waals surface area contributed by atoms with Crippen molar-refractivity contribution < 1.29 is 18.4 Å². The van der Waals surface area contributed by atoms with Gasteiger partial charge in [0.15, 0.2) is 11.5 Å². The second-order valence-corrected chi connectivity index (χ2v) is 5.65. The summed E-state index contributed by atoms with van der Waals surface area (Å²) in [6.07, 6.45) is 3.86. The van der Waals surface area contributed by atoms with Crippen molar-refractivity contribution in [2.45, 2.75) is 12.0 Å². The van der Waals surface area contributed by atoms with Gasteiger partial charge in [-0.3, -0.25) is 9.59 Å². The predicted molar refractivity (Wildman–Crippen MR) is 71.6 cm³/mol. The van der Waals surface area contributed by atoms with Gasteiger partial charge >= 0.3 is 0 Å². The van der Waals surface area contributed by atoms with E-state index >= 15 is 0 Å². The molecule has 0 aromatic carbocycles. The molecule has 1 aliphatic heterocycles. The second kappa shape index (κ2) is 4.25. The number of amides is 2. The van der Waals surface area contributed by atoms with E-state index in [1.54, 1.807) is 29.2 Å². The van der Waals surface area contributed by atoms with Gasteiger partial charge < -0.3 is 19.1 Å². The molecule has 1 aliphatic carbocycles. The minimum Gasteiger partial charge on any atom is -0.459 e. The fourth-order valence-electron chi connectivity index (χ4n) is 3.08. The van der Waals surface area contributed by atoms with E-state index < -0.39 is 0 Å². The smallest absolute Gasteiger partial charge is 0.289 e. The lowest BCUT2D eigenvalue weighted by Crippen LogP contribution is -2.43. The van der Waals surface area contributed by atoms with Crippen LogP contribution in [-0.4, -0.2) is 35.3 Å². The molecule has 6 heteroatoms. The molecule has 6 nitrogen and oxygen atoms in total. The van der Waals surface area contributed by atoms with Crippen molar-refractivity contribution >= 4 is 11.8 Å². The molecule has 0 radical (unpaired) electrons. The summed E-state index contributed by atoms with van der Waals surface area (Å²) in [6, 6.07) is 6.65. The van der Waals surface area contributed by atoms with Crippen LogP contribution in [0.4, 0.5) is 0 Å². The third-order valence-corrected chi connectivity index (χ3v) is 4.27. The van der Waals surface area contributed by atoms with Gasteiger partial charge in [0.1, 0.15) is 0 Å². The van der Waals surface area contributed by atoms with Crippen molar-refractivity contribution in [2.24, 2.45) is 5.92 Å². The lowest BCUT2D eigenvalue weighted by atomic mass is 10.2. The van der Waals surface area contributed by atoms with Crippen molar-refractivity contribution in [1.82, 2.24) is 10.2 Å². The maximum atomic E-state index is 12.2. The molecule has 2 atom stereocenters. The molecule has 0 unspecified atom stereocenters. The lowest BCUT2D eigenvalue weighted by molar-refractivity contribution is 0.0728. The van der Waals surface area contributed by atoms with Crippen molar-refractivity contribution in [2.75, 3.05) is 13.1 Å². The van der Waals surface area contributed by atoms with Gasteiger partial charge in [-0.25, -0.2) is 0 Å². The largest absolute Gasteiger partial charge is 0.459 e. The molecular weight excluding hydrogens is 272 g/mol. The van der Waals surface area contributed by atoms with E-state index in [0.29, 0.717) is 30.5 Å². The van der Waals surface area contributed by atoms with E-state index in [1.807, 2.05) is 0 Å². The molecule has 1 N–H and O–H groups in total. The van der Waals surface area contributed by atoms with Gasteiger partial charge in [0, 0.05) is 19.0 Å². The number of hydrogen-bond donors (Lipinski definition) is 1. The van der Waals surface area contributed by atoms with Crippen LogP contribution in [0.25, 0.3) is 0 Å². The summed E-state index contributed by atoms with van der Waals surface area (Å²) < 4.78 is 10.2. The normalized spacial score (nSPS) is 26.5. The summed E-state index contributed by atoms with van der Waals surface area (Å²) >= 11 is 0. The Labute approximate surface area is 120 Å². The second-order valence-electron chi connectivity index (χ2n) is 5.65. The van der Waals surface area contributed by atoms with Crippen LogP contribution in [0.2, 0.25) is 0 Å².